The van der Waals surface area contributed by atoms with Crippen LogP contribution in [0, 0.1) is 5.82 Å². The van der Waals surface area contributed by atoms with Gasteiger partial charge in [0.1, 0.15) is 5.02 Å². The Balaban J connectivity index is 3.60. The highest BCUT2D eigenvalue weighted by Gasteiger charge is 2.21. The van der Waals surface area contributed by atoms with Crippen molar-refractivity contribution in [1.82, 2.24) is 0 Å². The smallest absolute Gasteiger partial charge is 0.164 e. The van der Waals surface area contributed by atoms with Crippen LogP contribution in [0.25, 0.3) is 0 Å². The van der Waals surface area contributed by atoms with Gasteiger partial charge in [-0.05, 0) is 11.5 Å². The van der Waals surface area contributed by atoms with Gasteiger partial charge in [0.15, 0.2) is 5.82 Å². The molecule has 1 aromatic carbocycles. The molecule has 0 saturated carbocycles. The fraction of sp³-hybridized carbons (Fsp3) is 0.333. The minimum absolute atomic E-state index is 0.0399. The molecule has 1 aromatic rings. The van der Waals surface area contributed by atoms with E-state index in [4.69, 9.17) is 40.5 Å². The summed E-state index contributed by atoms with van der Waals surface area (Å²) in [6.07, 6.45) is 0. The van der Waals surface area contributed by atoms with Gasteiger partial charge < -0.3 is 5.73 Å². The molecule has 1 rings (SSSR count). The second-order valence-corrected chi connectivity index (χ2v) is 4.37. The lowest BCUT2D eigenvalue weighted by atomic mass is 10.0. The Labute approximate surface area is 96.9 Å². The van der Waals surface area contributed by atoms with Crippen LogP contribution in [-0.4, -0.2) is 0 Å². The first-order chi connectivity index (χ1) is 6.37. The molecule has 14 heavy (non-hydrogen) atoms. The Morgan fingerprint density at radius 3 is 2.00 bits per heavy atom. The van der Waals surface area contributed by atoms with Crippen LogP contribution in [0.2, 0.25) is 15.1 Å². The number of anilines is 1. The minimum atomic E-state index is -0.764. The normalized spacial score (nSPS) is 11.1. The van der Waals surface area contributed by atoms with Crippen molar-refractivity contribution in [3.63, 3.8) is 0 Å². The van der Waals surface area contributed by atoms with Crippen LogP contribution in [0.1, 0.15) is 25.3 Å². The fourth-order valence-corrected chi connectivity index (χ4v) is 2.07. The van der Waals surface area contributed by atoms with Crippen LogP contribution in [0.4, 0.5) is 10.1 Å². The Hall–Kier alpha value is -0.180. The third-order valence-corrected chi connectivity index (χ3v) is 3.13. The third-order valence-electron chi connectivity index (χ3n) is 1.92. The molecule has 0 amide bonds. The first-order valence-corrected chi connectivity index (χ1v) is 5.12. The first kappa shape index (κ1) is 11.9. The van der Waals surface area contributed by atoms with Crippen molar-refractivity contribution < 1.29 is 4.39 Å². The Morgan fingerprint density at radius 2 is 1.57 bits per heavy atom. The monoisotopic (exact) mass is 255 g/mol. The largest absolute Gasteiger partial charge is 0.397 e. The number of halogens is 4. The van der Waals surface area contributed by atoms with Crippen molar-refractivity contribution in [1.29, 1.82) is 0 Å². The number of nitrogen functional groups attached to an aromatic ring is 1. The fourth-order valence-electron chi connectivity index (χ4n) is 1.23. The lowest BCUT2D eigenvalue weighted by Gasteiger charge is -2.15. The van der Waals surface area contributed by atoms with E-state index in [1.165, 1.54) is 0 Å². The molecule has 0 heterocycles. The zero-order chi connectivity index (χ0) is 11.0. The van der Waals surface area contributed by atoms with Gasteiger partial charge in [0, 0.05) is 0 Å². The summed E-state index contributed by atoms with van der Waals surface area (Å²) in [7, 11) is 0. The molecule has 0 aromatic heterocycles. The summed E-state index contributed by atoms with van der Waals surface area (Å²) in [4.78, 5) is 0. The van der Waals surface area contributed by atoms with Crippen molar-refractivity contribution in [2.24, 2.45) is 0 Å². The molecule has 0 radical (unpaired) electrons. The van der Waals surface area contributed by atoms with Gasteiger partial charge in [-0.2, -0.15) is 0 Å². The van der Waals surface area contributed by atoms with E-state index in [2.05, 4.69) is 0 Å². The highest BCUT2D eigenvalue weighted by molar-refractivity contribution is 6.44. The number of nitrogens with two attached hydrogens (primary N) is 1. The van der Waals surface area contributed by atoms with Gasteiger partial charge in [-0.15, -0.1) is 0 Å². The lowest BCUT2D eigenvalue weighted by molar-refractivity contribution is 0.628. The molecule has 2 N–H and O–H groups in total. The Kier molecular flexibility index (Phi) is 3.51. The average molecular weight is 257 g/mol. The van der Waals surface area contributed by atoms with Crippen LogP contribution in [0.5, 0.6) is 0 Å². The number of hydrogen-bond donors (Lipinski definition) is 1. The molecular formula is C9H9Cl3FN. The molecule has 0 bridgehead atoms. The predicted octanol–water partition coefficient (Wildman–Crippen LogP) is 4.49. The topological polar surface area (TPSA) is 26.0 Å². The molecule has 1 nitrogen and oxygen atoms in total. The van der Waals surface area contributed by atoms with Gasteiger partial charge in [0.2, 0.25) is 0 Å². The summed E-state index contributed by atoms with van der Waals surface area (Å²) in [5.74, 6) is -0.724. The van der Waals surface area contributed by atoms with Crippen molar-refractivity contribution in [2.75, 3.05) is 5.73 Å². The van der Waals surface area contributed by atoms with Crippen molar-refractivity contribution in [3.05, 3.63) is 26.4 Å². The molecule has 0 fully saturated rings. The quantitative estimate of drug-likeness (QED) is 0.447. The number of benzene rings is 1. The molecule has 5 heteroatoms. The standard InChI is InChI=1S/C9H9Cl3FN/c1-3(2)4-5(10)6(11)8(13)7(12)9(4)14/h3H,14H2,1-2H3. The van der Waals surface area contributed by atoms with Crippen molar-refractivity contribution in [2.45, 2.75) is 19.8 Å². The highest BCUT2D eigenvalue weighted by Crippen LogP contribution is 2.42. The molecule has 0 aliphatic rings. The van der Waals surface area contributed by atoms with E-state index in [-0.39, 0.29) is 26.7 Å². The first-order valence-electron chi connectivity index (χ1n) is 3.99. The zero-order valence-electron chi connectivity index (χ0n) is 7.67. The van der Waals surface area contributed by atoms with E-state index in [0.29, 0.717) is 5.56 Å². The lowest BCUT2D eigenvalue weighted by Crippen LogP contribution is -2.01. The van der Waals surface area contributed by atoms with Gasteiger partial charge in [-0.1, -0.05) is 48.7 Å². The zero-order valence-corrected chi connectivity index (χ0v) is 9.93. The van der Waals surface area contributed by atoms with Crippen LogP contribution in [0.15, 0.2) is 0 Å². The summed E-state index contributed by atoms with van der Waals surface area (Å²) in [5.41, 5.74) is 6.39. The molecule has 0 aliphatic heterocycles. The van der Waals surface area contributed by atoms with E-state index in [1.54, 1.807) is 0 Å². The predicted molar refractivity (Wildman–Crippen MR) is 59.9 cm³/mol. The van der Waals surface area contributed by atoms with Gasteiger partial charge in [-0.25, -0.2) is 4.39 Å². The van der Waals surface area contributed by atoms with Crippen LogP contribution in [-0.2, 0) is 0 Å². The van der Waals surface area contributed by atoms with E-state index in [0.717, 1.165) is 0 Å². The number of rotatable bonds is 1. The van der Waals surface area contributed by atoms with Crippen molar-refractivity contribution >= 4 is 40.5 Å². The summed E-state index contributed by atoms with van der Waals surface area (Å²) in [6.45, 7) is 3.75. The molecule has 0 unspecified atom stereocenters. The summed E-state index contributed by atoms with van der Waals surface area (Å²) in [5, 5.41) is -0.196. The molecule has 0 atom stereocenters. The average Bonchev–Trinajstić information content (AvgIpc) is 2.11. The number of hydrogen-bond acceptors (Lipinski definition) is 1. The van der Waals surface area contributed by atoms with Crippen molar-refractivity contribution in [3.8, 4) is 0 Å². The molecular weight excluding hydrogens is 247 g/mol. The summed E-state index contributed by atoms with van der Waals surface area (Å²) < 4.78 is 13.3. The van der Waals surface area contributed by atoms with Gasteiger partial charge in [-0.3, -0.25) is 0 Å². The summed E-state index contributed by atoms with van der Waals surface area (Å²) in [6, 6.07) is 0. The second-order valence-electron chi connectivity index (χ2n) is 3.24. The molecule has 78 valence electrons. The van der Waals surface area contributed by atoms with Gasteiger partial charge in [0.25, 0.3) is 0 Å². The Morgan fingerprint density at radius 1 is 1.07 bits per heavy atom. The Bertz CT molecular complexity index is 348. The minimum Gasteiger partial charge on any atom is -0.397 e. The highest BCUT2D eigenvalue weighted by atomic mass is 35.5. The SMILES string of the molecule is CC(C)c1c(N)c(Cl)c(F)c(Cl)c1Cl. The van der Waals surface area contributed by atoms with Crippen LogP contribution in [0.3, 0.4) is 0 Å². The maximum Gasteiger partial charge on any atom is 0.164 e. The molecule has 0 saturated heterocycles. The van der Waals surface area contributed by atoms with Gasteiger partial charge in [0.05, 0.1) is 15.7 Å². The van der Waals surface area contributed by atoms with E-state index in [1.807, 2.05) is 13.8 Å². The molecule has 0 spiro atoms. The van der Waals surface area contributed by atoms with E-state index < -0.39 is 5.82 Å². The third kappa shape index (κ3) is 1.79. The van der Waals surface area contributed by atoms with E-state index >= 15 is 0 Å². The van der Waals surface area contributed by atoms with Gasteiger partial charge >= 0.3 is 0 Å². The second kappa shape index (κ2) is 4.13. The molecule has 0 aliphatic carbocycles. The maximum absolute atomic E-state index is 13.3. The van der Waals surface area contributed by atoms with Crippen LogP contribution >= 0.6 is 34.8 Å². The maximum atomic E-state index is 13.3. The summed E-state index contributed by atoms with van der Waals surface area (Å²) >= 11 is 17.2. The van der Waals surface area contributed by atoms with E-state index in [9.17, 15) is 4.39 Å². The van der Waals surface area contributed by atoms with Crippen LogP contribution < -0.4 is 5.73 Å².